The van der Waals surface area contributed by atoms with Crippen LogP contribution in [0.4, 0.5) is 8.78 Å². The van der Waals surface area contributed by atoms with Crippen LogP contribution in [0.15, 0.2) is 41.3 Å². The van der Waals surface area contributed by atoms with Gasteiger partial charge in [0.25, 0.3) is 0 Å². The molecule has 0 bridgehead atoms. The fourth-order valence-electron chi connectivity index (χ4n) is 1.46. The highest BCUT2D eigenvalue weighted by Crippen LogP contribution is 2.29. The lowest BCUT2D eigenvalue weighted by Gasteiger charge is -2.01. The molecule has 0 aliphatic carbocycles. The number of thioether (sulfide) groups is 1. The van der Waals surface area contributed by atoms with Gasteiger partial charge in [-0.3, -0.25) is 0 Å². The smallest absolute Gasteiger partial charge is 0.328 e. The maximum absolute atomic E-state index is 13.4. The molecule has 0 fully saturated rings. The van der Waals surface area contributed by atoms with E-state index in [1.165, 1.54) is 41.3 Å². The minimum atomic E-state index is -0.997. The summed E-state index contributed by atoms with van der Waals surface area (Å²) >= 11 is 2.71. The van der Waals surface area contributed by atoms with E-state index in [2.05, 4.69) is 0 Å². The van der Waals surface area contributed by atoms with Crippen LogP contribution in [-0.4, -0.2) is 11.1 Å². The standard InChI is InChI=1S/C14H10F2O2S2/c15-9-1-5-13(12(16)7-9)19-8-11-3-2-10(20-11)4-6-14(17)18/h1-7H,8H2,(H,17,18). The minimum absolute atomic E-state index is 0.391. The summed E-state index contributed by atoms with van der Waals surface area (Å²) < 4.78 is 26.2. The summed E-state index contributed by atoms with van der Waals surface area (Å²) in [5.74, 6) is -1.61. The Morgan fingerprint density at radius 3 is 2.80 bits per heavy atom. The third-order valence-corrected chi connectivity index (χ3v) is 4.67. The molecule has 20 heavy (non-hydrogen) atoms. The number of halogens is 2. The van der Waals surface area contributed by atoms with E-state index in [4.69, 9.17) is 5.11 Å². The maximum atomic E-state index is 13.4. The van der Waals surface area contributed by atoms with Gasteiger partial charge in [-0.05, 0) is 30.3 Å². The summed E-state index contributed by atoms with van der Waals surface area (Å²) in [6.45, 7) is 0. The third kappa shape index (κ3) is 4.18. The van der Waals surface area contributed by atoms with E-state index in [0.717, 1.165) is 21.9 Å². The van der Waals surface area contributed by atoms with Gasteiger partial charge >= 0.3 is 5.97 Å². The number of benzene rings is 1. The molecule has 1 aromatic carbocycles. The summed E-state index contributed by atoms with van der Waals surface area (Å²) in [6.07, 6.45) is 2.59. The zero-order chi connectivity index (χ0) is 14.5. The van der Waals surface area contributed by atoms with Crippen molar-refractivity contribution in [2.75, 3.05) is 0 Å². The van der Waals surface area contributed by atoms with Crippen molar-refractivity contribution in [3.8, 4) is 0 Å². The van der Waals surface area contributed by atoms with Gasteiger partial charge in [0.15, 0.2) is 0 Å². The molecule has 0 radical (unpaired) electrons. The molecule has 104 valence electrons. The molecule has 1 aromatic heterocycles. The molecule has 0 amide bonds. The van der Waals surface area contributed by atoms with E-state index in [-0.39, 0.29) is 0 Å². The Balaban J connectivity index is 1.99. The lowest BCUT2D eigenvalue weighted by Crippen LogP contribution is -1.84. The van der Waals surface area contributed by atoms with Gasteiger partial charge in [-0.1, -0.05) is 0 Å². The van der Waals surface area contributed by atoms with E-state index in [1.807, 2.05) is 6.07 Å². The molecule has 0 saturated carbocycles. The molecule has 6 heteroatoms. The van der Waals surface area contributed by atoms with E-state index in [9.17, 15) is 13.6 Å². The molecule has 0 aliphatic heterocycles. The van der Waals surface area contributed by atoms with Crippen molar-refractivity contribution < 1.29 is 18.7 Å². The normalized spacial score (nSPS) is 11.1. The van der Waals surface area contributed by atoms with Crippen molar-refractivity contribution in [1.29, 1.82) is 0 Å². The van der Waals surface area contributed by atoms with Crippen LogP contribution in [0.2, 0.25) is 0 Å². The second-order valence-electron chi connectivity index (χ2n) is 3.84. The molecule has 2 aromatic rings. The Bertz CT molecular complexity index is 650. The van der Waals surface area contributed by atoms with Crippen molar-refractivity contribution in [1.82, 2.24) is 0 Å². The molecule has 2 rings (SSSR count). The van der Waals surface area contributed by atoms with Crippen LogP contribution in [0.1, 0.15) is 9.75 Å². The van der Waals surface area contributed by atoms with Gasteiger partial charge < -0.3 is 5.11 Å². The van der Waals surface area contributed by atoms with Crippen molar-refractivity contribution in [3.05, 3.63) is 57.8 Å². The van der Waals surface area contributed by atoms with Crippen LogP contribution < -0.4 is 0 Å². The number of hydrogen-bond donors (Lipinski definition) is 1. The monoisotopic (exact) mass is 312 g/mol. The Hall–Kier alpha value is -1.66. The average molecular weight is 312 g/mol. The molecule has 1 heterocycles. The molecular weight excluding hydrogens is 302 g/mol. The van der Waals surface area contributed by atoms with E-state index in [0.29, 0.717) is 10.6 Å². The summed E-state index contributed by atoms with van der Waals surface area (Å²) in [7, 11) is 0. The summed E-state index contributed by atoms with van der Waals surface area (Å²) in [5.41, 5.74) is 0. The lowest BCUT2D eigenvalue weighted by atomic mass is 10.3. The average Bonchev–Trinajstić information content (AvgIpc) is 2.83. The topological polar surface area (TPSA) is 37.3 Å². The van der Waals surface area contributed by atoms with Crippen LogP contribution in [-0.2, 0) is 10.5 Å². The number of hydrogen-bond acceptors (Lipinski definition) is 3. The first-order valence-corrected chi connectivity index (χ1v) is 7.42. The largest absolute Gasteiger partial charge is 0.478 e. The summed E-state index contributed by atoms with van der Waals surface area (Å²) in [6, 6.07) is 7.16. The lowest BCUT2D eigenvalue weighted by molar-refractivity contribution is -0.131. The van der Waals surface area contributed by atoms with Gasteiger partial charge in [-0.2, -0.15) is 0 Å². The Morgan fingerprint density at radius 1 is 1.30 bits per heavy atom. The molecule has 0 atom stereocenters. The zero-order valence-electron chi connectivity index (χ0n) is 10.2. The van der Waals surface area contributed by atoms with Crippen LogP contribution >= 0.6 is 23.1 Å². The van der Waals surface area contributed by atoms with E-state index >= 15 is 0 Å². The van der Waals surface area contributed by atoms with Gasteiger partial charge in [0, 0.05) is 32.5 Å². The summed E-state index contributed by atoms with van der Waals surface area (Å²) in [4.78, 5) is 12.6. The summed E-state index contributed by atoms with van der Waals surface area (Å²) in [5, 5.41) is 8.53. The van der Waals surface area contributed by atoms with E-state index < -0.39 is 17.6 Å². The van der Waals surface area contributed by atoms with Crippen LogP contribution in [0.5, 0.6) is 0 Å². The van der Waals surface area contributed by atoms with Gasteiger partial charge in [0.05, 0.1) is 0 Å². The number of carbonyl (C=O) groups is 1. The van der Waals surface area contributed by atoms with Crippen molar-refractivity contribution in [3.63, 3.8) is 0 Å². The molecule has 0 aliphatic rings. The van der Waals surface area contributed by atoms with Gasteiger partial charge in [0.1, 0.15) is 11.6 Å². The van der Waals surface area contributed by atoms with Crippen molar-refractivity contribution in [2.24, 2.45) is 0 Å². The van der Waals surface area contributed by atoms with Crippen molar-refractivity contribution in [2.45, 2.75) is 10.6 Å². The number of aliphatic carboxylic acids is 1. The van der Waals surface area contributed by atoms with Gasteiger partial charge in [-0.25, -0.2) is 13.6 Å². The molecule has 1 N–H and O–H groups in total. The number of carboxylic acid groups (broad SMARTS) is 1. The minimum Gasteiger partial charge on any atom is -0.478 e. The van der Waals surface area contributed by atoms with Gasteiger partial charge in [0.2, 0.25) is 0 Å². The van der Waals surface area contributed by atoms with Crippen molar-refractivity contribution >= 4 is 35.1 Å². The predicted octanol–water partition coefficient (Wildman–Crippen LogP) is 4.42. The molecule has 0 unspecified atom stereocenters. The second kappa shape index (κ2) is 6.67. The number of rotatable bonds is 5. The van der Waals surface area contributed by atoms with Crippen LogP contribution in [0.3, 0.4) is 0 Å². The fraction of sp³-hybridized carbons (Fsp3) is 0.0714. The molecule has 0 spiro atoms. The first kappa shape index (κ1) is 14.7. The predicted molar refractivity (Wildman–Crippen MR) is 76.9 cm³/mol. The highest BCUT2D eigenvalue weighted by Gasteiger charge is 2.06. The van der Waals surface area contributed by atoms with Crippen LogP contribution in [0.25, 0.3) is 6.08 Å². The van der Waals surface area contributed by atoms with Gasteiger partial charge in [-0.15, -0.1) is 23.1 Å². The van der Waals surface area contributed by atoms with Crippen LogP contribution in [0, 0.1) is 11.6 Å². The highest BCUT2D eigenvalue weighted by molar-refractivity contribution is 7.98. The third-order valence-electron chi connectivity index (χ3n) is 2.34. The number of carboxylic acids is 1. The zero-order valence-corrected chi connectivity index (χ0v) is 11.8. The number of thiophene rings is 1. The molecule has 2 nitrogen and oxygen atoms in total. The van der Waals surface area contributed by atoms with E-state index in [1.54, 1.807) is 6.07 Å². The SMILES string of the molecule is O=C(O)C=Cc1ccc(CSc2ccc(F)cc2F)s1. The first-order valence-electron chi connectivity index (χ1n) is 5.62. The maximum Gasteiger partial charge on any atom is 0.328 e. The Labute approximate surface area is 122 Å². The first-order chi connectivity index (χ1) is 9.54. The second-order valence-corrected chi connectivity index (χ2v) is 6.06. The highest BCUT2D eigenvalue weighted by atomic mass is 32.2. The molecule has 0 saturated heterocycles. The quantitative estimate of drug-likeness (QED) is 0.656. The Morgan fingerprint density at radius 2 is 2.10 bits per heavy atom. The fourth-order valence-corrected chi connectivity index (χ4v) is 3.33. The molecular formula is C14H10F2O2S2. The Kier molecular flexibility index (Phi) is 4.92.